The number of nitrogens with zero attached hydrogens (tertiary/aromatic N) is 4. The van der Waals surface area contributed by atoms with E-state index in [4.69, 9.17) is 0 Å². The smallest absolute Gasteiger partial charge is 0.228 e. The molecule has 6 heteroatoms. The lowest BCUT2D eigenvalue weighted by Crippen LogP contribution is -2.40. The Morgan fingerprint density at radius 2 is 1.79 bits per heavy atom. The Labute approximate surface area is 165 Å². The van der Waals surface area contributed by atoms with Crippen molar-refractivity contribution in [3.63, 3.8) is 0 Å². The third-order valence-corrected chi connectivity index (χ3v) is 5.62. The number of pyridine rings is 1. The third kappa shape index (κ3) is 4.16. The van der Waals surface area contributed by atoms with Gasteiger partial charge in [-0.15, -0.1) is 0 Å². The summed E-state index contributed by atoms with van der Waals surface area (Å²) in [6.07, 6.45) is 4.73. The maximum Gasteiger partial charge on any atom is 0.228 e. The van der Waals surface area contributed by atoms with Gasteiger partial charge in [0.1, 0.15) is 0 Å². The predicted molar refractivity (Wildman–Crippen MR) is 108 cm³/mol. The van der Waals surface area contributed by atoms with Crippen molar-refractivity contribution >= 4 is 17.5 Å². The quantitative estimate of drug-likeness (QED) is 0.818. The molecule has 4 rings (SSSR count). The van der Waals surface area contributed by atoms with Crippen LogP contribution in [0, 0.1) is 5.92 Å². The van der Waals surface area contributed by atoms with Gasteiger partial charge < -0.3 is 14.7 Å². The first-order valence-electron chi connectivity index (χ1n) is 9.96. The van der Waals surface area contributed by atoms with Gasteiger partial charge in [0.25, 0.3) is 0 Å². The molecule has 2 aliphatic heterocycles. The van der Waals surface area contributed by atoms with E-state index in [1.807, 2.05) is 35.2 Å². The van der Waals surface area contributed by atoms with Gasteiger partial charge >= 0.3 is 0 Å². The number of carbonyl (C=O) groups excluding carboxylic acids is 2. The molecule has 2 amide bonds. The van der Waals surface area contributed by atoms with Crippen LogP contribution in [-0.4, -0.2) is 59.3 Å². The van der Waals surface area contributed by atoms with Gasteiger partial charge in [-0.05, 0) is 36.2 Å². The van der Waals surface area contributed by atoms with Gasteiger partial charge in [0.05, 0.1) is 5.92 Å². The largest absolute Gasteiger partial charge is 0.370 e. The van der Waals surface area contributed by atoms with Crippen molar-refractivity contribution in [2.75, 3.05) is 37.6 Å². The van der Waals surface area contributed by atoms with Gasteiger partial charge in [-0.3, -0.25) is 14.6 Å². The van der Waals surface area contributed by atoms with Crippen molar-refractivity contribution in [3.05, 3.63) is 60.4 Å². The zero-order valence-corrected chi connectivity index (χ0v) is 16.0. The number of hydrogen-bond acceptors (Lipinski definition) is 4. The Balaban J connectivity index is 1.35. The van der Waals surface area contributed by atoms with Crippen LogP contribution in [0.3, 0.4) is 0 Å². The van der Waals surface area contributed by atoms with Crippen LogP contribution in [0.25, 0.3) is 0 Å². The molecule has 1 aromatic heterocycles. The molecule has 0 N–H and O–H groups in total. The lowest BCUT2D eigenvalue weighted by atomic mass is 10.1. The van der Waals surface area contributed by atoms with Crippen molar-refractivity contribution < 1.29 is 9.59 Å². The van der Waals surface area contributed by atoms with Gasteiger partial charge in [0.15, 0.2) is 0 Å². The highest BCUT2D eigenvalue weighted by molar-refractivity contribution is 5.89. The number of likely N-dealkylation sites (tertiary alicyclic amines) is 1. The Morgan fingerprint density at radius 3 is 2.57 bits per heavy atom. The molecule has 2 fully saturated rings. The van der Waals surface area contributed by atoms with Crippen LogP contribution >= 0.6 is 0 Å². The molecular formula is C22H26N4O2. The first kappa shape index (κ1) is 18.5. The molecule has 2 aromatic rings. The summed E-state index contributed by atoms with van der Waals surface area (Å²) in [6.45, 7) is 4.31. The number of hydrogen-bond donors (Lipinski definition) is 0. The molecular weight excluding hydrogens is 352 g/mol. The van der Waals surface area contributed by atoms with Crippen LogP contribution in [0.15, 0.2) is 54.9 Å². The SMILES string of the molecule is O=C1C[C@H](C(=O)N2CCCN(c3ccccc3)CC2)CN1Cc1ccncc1. The number of benzene rings is 1. The van der Waals surface area contributed by atoms with E-state index in [0.29, 0.717) is 26.1 Å². The molecule has 0 aliphatic carbocycles. The van der Waals surface area contributed by atoms with Gasteiger partial charge in [-0.25, -0.2) is 0 Å². The molecule has 0 radical (unpaired) electrons. The molecule has 28 heavy (non-hydrogen) atoms. The lowest BCUT2D eigenvalue weighted by Gasteiger charge is -2.25. The van der Waals surface area contributed by atoms with Crippen LogP contribution in [0.5, 0.6) is 0 Å². The summed E-state index contributed by atoms with van der Waals surface area (Å²) >= 11 is 0. The lowest BCUT2D eigenvalue weighted by molar-refractivity contribution is -0.135. The zero-order chi connectivity index (χ0) is 19.3. The van der Waals surface area contributed by atoms with Crippen LogP contribution in [0.4, 0.5) is 5.69 Å². The van der Waals surface area contributed by atoms with Crippen molar-refractivity contribution in [1.29, 1.82) is 0 Å². The minimum Gasteiger partial charge on any atom is -0.370 e. The van der Waals surface area contributed by atoms with E-state index in [-0.39, 0.29) is 17.7 Å². The van der Waals surface area contributed by atoms with Crippen molar-refractivity contribution in [2.45, 2.75) is 19.4 Å². The molecule has 2 aliphatic rings. The fourth-order valence-corrected chi connectivity index (χ4v) is 4.09. The Hall–Kier alpha value is -2.89. The van der Waals surface area contributed by atoms with E-state index in [0.717, 1.165) is 31.6 Å². The molecule has 0 spiro atoms. The topological polar surface area (TPSA) is 56.8 Å². The number of amides is 2. The van der Waals surface area contributed by atoms with E-state index < -0.39 is 0 Å². The highest BCUT2D eigenvalue weighted by Gasteiger charge is 2.36. The molecule has 1 aromatic carbocycles. The molecule has 6 nitrogen and oxygen atoms in total. The molecule has 3 heterocycles. The molecule has 1 atom stereocenters. The highest BCUT2D eigenvalue weighted by Crippen LogP contribution is 2.23. The number of para-hydroxylation sites is 1. The summed E-state index contributed by atoms with van der Waals surface area (Å²) < 4.78 is 0. The fraction of sp³-hybridized carbons (Fsp3) is 0.409. The van der Waals surface area contributed by atoms with Crippen molar-refractivity contribution in [3.8, 4) is 0 Å². The third-order valence-electron chi connectivity index (χ3n) is 5.62. The van der Waals surface area contributed by atoms with Crippen LogP contribution in [-0.2, 0) is 16.1 Å². The maximum absolute atomic E-state index is 13.1. The van der Waals surface area contributed by atoms with Crippen LogP contribution in [0.2, 0.25) is 0 Å². The normalized spacial score (nSPS) is 20.4. The van der Waals surface area contributed by atoms with Gasteiger partial charge in [-0.1, -0.05) is 18.2 Å². The molecule has 146 valence electrons. The number of anilines is 1. The van der Waals surface area contributed by atoms with Crippen LogP contribution < -0.4 is 4.90 Å². The average molecular weight is 378 g/mol. The van der Waals surface area contributed by atoms with Gasteiger partial charge in [0, 0.05) is 63.8 Å². The van der Waals surface area contributed by atoms with Crippen LogP contribution in [0.1, 0.15) is 18.4 Å². The summed E-state index contributed by atoms with van der Waals surface area (Å²) in [5, 5.41) is 0. The second kappa shape index (κ2) is 8.42. The van der Waals surface area contributed by atoms with E-state index in [2.05, 4.69) is 22.0 Å². The molecule has 0 unspecified atom stereocenters. The highest BCUT2D eigenvalue weighted by atomic mass is 16.2. The van der Waals surface area contributed by atoms with E-state index in [1.54, 1.807) is 17.3 Å². The zero-order valence-electron chi connectivity index (χ0n) is 16.0. The van der Waals surface area contributed by atoms with E-state index in [9.17, 15) is 9.59 Å². The average Bonchev–Trinajstić information content (AvgIpc) is 2.94. The summed E-state index contributed by atoms with van der Waals surface area (Å²) in [5.74, 6) is -0.0333. The summed E-state index contributed by atoms with van der Waals surface area (Å²) in [4.78, 5) is 35.6. The summed E-state index contributed by atoms with van der Waals surface area (Å²) in [6, 6.07) is 14.2. The first-order valence-corrected chi connectivity index (χ1v) is 9.96. The Morgan fingerprint density at radius 1 is 1.00 bits per heavy atom. The minimum absolute atomic E-state index is 0.0656. The fourth-order valence-electron chi connectivity index (χ4n) is 4.09. The second-order valence-electron chi connectivity index (χ2n) is 7.53. The Kier molecular flexibility index (Phi) is 5.55. The minimum atomic E-state index is -0.224. The molecule has 0 bridgehead atoms. The first-order chi connectivity index (χ1) is 13.7. The summed E-state index contributed by atoms with van der Waals surface area (Å²) in [7, 11) is 0. The molecule has 0 saturated carbocycles. The van der Waals surface area contributed by atoms with Crippen molar-refractivity contribution in [1.82, 2.24) is 14.8 Å². The second-order valence-corrected chi connectivity index (χ2v) is 7.53. The monoisotopic (exact) mass is 378 g/mol. The number of rotatable bonds is 4. The van der Waals surface area contributed by atoms with Crippen molar-refractivity contribution in [2.24, 2.45) is 5.92 Å². The maximum atomic E-state index is 13.1. The van der Waals surface area contributed by atoms with E-state index in [1.165, 1.54) is 5.69 Å². The van der Waals surface area contributed by atoms with Gasteiger partial charge in [-0.2, -0.15) is 0 Å². The number of aromatic nitrogens is 1. The Bertz CT molecular complexity index is 812. The predicted octanol–water partition coefficient (Wildman–Crippen LogP) is 2.17. The van der Waals surface area contributed by atoms with E-state index >= 15 is 0 Å². The van der Waals surface area contributed by atoms with Gasteiger partial charge in [0.2, 0.25) is 11.8 Å². The number of carbonyl (C=O) groups is 2. The molecule has 2 saturated heterocycles. The standard InChI is InChI=1S/C22H26N4O2/c27-21-15-19(17-26(21)16-18-7-9-23-10-8-18)22(28)25-12-4-11-24(13-14-25)20-5-2-1-3-6-20/h1-3,5-10,19H,4,11-17H2/t19-/m0/s1. The summed E-state index contributed by atoms with van der Waals surface area (Å²) in [5.41, 5.74) is 2.25.